The van der Waals surface area contributed by atoms with Crippen LogP contribution in [0.4, 0.5) is 15.8 Å². The molecular weight excluding hydrogens is 467 g/mol. The van der Waals surface area contributed by atoms with Crippen molar-refractivity contribution in [2.75, 3.05) is 35.8 Å². The van der Waals surface area contributed by atoms with Gasteiger partial charge in [-0.1, -0.05) is 12.1 Å². The Morgan fingerprint density at radius 1 is 0.971 bits per heavy atom. The molecule has 180 valence electrons. The minimum atomic E-state index is -3.80. The van der Waals surface area contributed by atoms with E-state index in [-0.39, 0.29) is 16.4 Å². The molecule has 0 saturated carbocycles. The number of sulfonamides is 1. The summed E-state index contributed by atoms with van der Waals surface area (Å²) in [6.45, 7) is 5.57. The fraction of sp³-hybridized carbons (Fsp3) is 0.231. The zero-order valence-electron chi connectivity index (χ0n) is 19.5. The Kier molecular flexibility index (Phi) is 6.76. The molecule has 0 atom stereocenters. The maximum absolute atomic E-state index is 13.9. The van der Waals surface area contributed by atoms with Crippen molar-refractivity contribution in [2.24, 2.45) is 0 Å². The number of aryl methyl sites for hydroxylation is 2. The molecule has 1 N–H and O–H groups in total. The number of rotatable bonds is 5. The minimum absolute atomic E-state index is 0.00141. The summed E-state index contributed by atoms with van der Waals surface area (Å²) in [5.41, 5.74) is 3.42. The summed E-state index contributed by atoms with van der Waals surface area (Å²) in [5.74, 6) is -0.777. The molecule has 0 unspecified atom stereocenters. The summed E-state index contributed by atoms with van der Waals surface area (Å²) in [7, 11) is -3.80. The van der Waals surface area contributed by atoms with Crippen LogP contribution >= 0.6 is 0 Å². The molecule has 7 nitrogen and oxygen atoms in total. The van der Waals surface area contributed by atoms with E-state index in [1.54, 1.807) is 29.2 Å². The number of carbonyl (C=O) groups is 1. The van der Waals surface area contributed by atoms with Crippen molar-refractivity contribution in [1.82, 2.24) is 4.90 Å². The summed E-state index contributed by atoms with van der Waals surface area (Å²) in [5, 5.41) is 9.28. The van der Waals surface area contributed by atoms with E-state index in [2.05, 4.69) is 4.72 Å². The van der Waals surface area contributed by atoms with Crippen LogP contribution in [0, 0.1) is 31.0 Å². The monoisotopic (exact) mass is 492 g/mol. The topological polar surface area (TPSA) is 93.5 Å². The third kappa shape index (κ3) is 5.12. The van der Waals surface area contributed by atoms with Gasteiger partial charge in [0.05, 0.1) is 10.6 Å². The van der Waals surface area contributed by atoms with E-state index in [1.165, 1.54) is 30.3 Å². The van der Waals surface area contributed by atoms with Crippen molar-refractivity contribution in [3.8, 4) is 6.07 Å². The first-order valence-corrected chi connectivity index (χ1v) is 12.6. The highest BCUT2D eigenvalue weighted by Crippen LogP contribution is 2.24. The number of carbonyl (C=O) groups excluding carboxylic acids is 1. The summed E-state index contributed by atoms with van der Waals surface area (Å²) in [6, 6.07) is 17.6. The van der Waals surface area contributed by atoms with E-state index in [1.807, 2.05) is 30.9 Å². The Bertz CT molecular complexity index is 1410. The zero-order chi connectivity index (χ0) is 25.2. The molecule has 0 bridgehead atoms. The van der Waals surface area contributed by atoms with Gasteiger partial charge < -0.3 is 9.80 Å². The Labute approximate surface area is 204 Å². The molecule has 1 heterocycles. The van der Waals surface area contributed by atoms with E-state index in [0.29, 0.717) is 43.1 Å². The van der Waals surface area contributed by atoms with E-state index < -0.39 is 15.8 Å². The van der Waals surface area contributed by atoms with Crippen LogP contribution in [0.5, 0.6) is 0 Å². The average molecular weight is 493 g/mol. The van der Waals surface area contributed by atoms with Gasteiger partial charge in [0.15, 0.2) is 0 Å². The quantitative estimate of drug-likeness (QED) is 0.579. The molecule has 9 heteroatoms. The molecule has 0 spiro atoms. The molecule has 35 heavy (non-hydrogen) atoms. The number of anilines is 2. The van der Waals surface area contributed by atoms with Gasteiger partial charge in [-0.25, -0.2) is 12.8 Å². The van der Waals surface area contributed by atoms with Gasteiger partial charge in [-0.05, 0) is 73.5 Å². The van der Waals surface area contributed by atoms with Crippen molar-refractivity contribution in [3.63, 3.8) is 0 Å². The number of nitriles is 1. The van der Waals surface area contributed by atoms with Gasteiger partial charge in [-0.15, -0.1) is 0 Å². The van der Waals surface area contributed by atoms with Crippen molar-refractivity contribution in [2.45, 2.75) is 18.7 Å². The first kappa shape index (κ1) is 24.2. The first-order valence-electron chi connectivity index (χ1n) is 11.1. The second kappa shape index (κ2) is 9.76. The average Bonchev–Trinajstić information content (AvgIpc) is 2.86. The summed E-state index contributed by atoms with van der Waals surface area (Å²) < 4.78 is 42.0. The zero-order valence-corrected chi connectivity index (χ0v) is 20.3. The van der Waals surface area contributed by atoms with E-state index in [0.717, 1.165) is 11.1 Å². The maximum Gasteiger partial charge on any atom is 0.261 e. The smallest absolute Gasteiger partial charge is 0.261 e. The molecule has 3 aromatic carbocycles. The van der Waals surface area contributed by atoms with Gasteiger partial charge >= 0.3 is 0 Å². The molecule has 1 aliphatic heterocycles. The van der Waals surface area contributed by atoms with Crippen molar-refractivity contribution >= 4 is 27.3 Å². The number of halogens is 1. The molecule has 1 fully saturated rings. The van der Waals surface area contributed by atoms with Crippen LogP contribution in [0.2, 0.25) is 0 Å². The largest absolute Gasteiger partial charge is 0.367 e. The van der Waals surface area contributed by atoms with Crippen molar-refractivity contribution in [1.29, 1.82) is 5.26 Å². The summed E-state index contributed by atoms with van der Waals surface area (Å²) >= 11 is 0. The number of piperazine rings is 1. The van der Waals surface area contributed by atoms with E-state index in [4.69, 9.17) is 0 Å². The lowest BCUT2D eigenvalue weighted by atomic mass is 10.1. The Morgan fingerprint density at radius 2 is 1.66 bits per heavy atom. The predicted molar refractivity (Wildman–Crippen MR) is 132 cm³/mol. The molecular formula is C26H25FN4O3S. The van der Waals surface area contributed by atoms with Crippen LogP contribution in [0.3, 0.4) is 0 Å². The third-order valence-corrected chi connectivity index (χ3v) is 7.58. The fourth-order valence-corrected chi connectivity index (χ4v) is 5.07. The second-order valence-electron chi connectivity index (χ2n) is 8.45. The van der Waals surface area contributed by atoms with Crippen LogP contribution in [-0.4, -0.2) is 45.4 Å². The van der Waals surface area contributed by atoms with Gasteiger partial charge in [0.1, 0.15) is 17.4 Å². The van der Waals surface area contributed by atoms with Gasteiger partial charge in [0, 0.05) is 37.4 Å². The molecule has 1 saturated heterocycles. The highest BCUT2D eigenvalue weighted by molar-refractivity contribution is 7.92. The summed E-state index contributed by atoms with van der Waals surface area (Å²) in [4.78, 5) is 16.6. The lowest BCUT2D eigenvalue weighted by Gasteiger charge is -2.36. The molecule has 0 aliphatic carbocycles. The van der Waals surface area contributed by atoms with Gasteiger partial charge in [0.2, 0.25) is 0 Å². The normalized spacial score (nSPS) is 13.9. The number of hydrogen-bond acceptors (Lipinski definition) is 5. The molecule has 0 radical (unpaired) electrons. The Balaban J connectivity index is 1.42. The van der Waals surface area contributed by atoms with Crippen LogP contribution in [-0.2, 0) is 10.0 Å². The van der Waals surface area contributed by atoms with E-state index >= 15 is 0 Å². The number of nitrogens with one attached hydrogen (secondary N) is 1. The van der Waals surface area contributed by atoms with Crippen molar-refractivity contribution < 1.29 is 17.6 Å². The second-order valence-corrected chi connectivity index (χ2v) is 10.1. The maximum atomic E-state index is 13.9. The fourth-order valence-electron chi connectivity index (χ4n) is 4.02. The highest BCUT2D eigenvalue weighted by atomic mass is 32.2. The standard InChI is InChI=1S/C26H25FN4O3S/c1-18-6-9-21(16-19(18)2)29-35(33,34)22-10-7-20(8-11-22)26(32)31-14-12-30(13-15-31)25-5-3-4-24(27)23(25)17-28/h3-11,16,29H,12-15H2,1-2H3. The van der Waals surface area contributed by atoms with Crippen LogP contribution < -0.4 is 9.62 Å². The van der Waals surface area contributed by atoms with Gasteiger partial charge in [0.25, 0.3) is 15.9 Å². The number of nitrogens with zero attached hydrogens (tertiary/aromatic N) is 3. The highest BCUT2D eigenvalue weighted by Gasteiger charge is 2.25. The summed E-state index contributed by atoms with van der Waals surface area (Å²) in [6.07, 6.45) is 0. The van der Waals surface area contributed by atoms with Crippen LogP contribution in [0.25, 0.3) is 0 Å². The molecule has 1 amide bonds. The first-order chi connectivity index (χ1) is 16.7. The molecule has 1 aliphatic rings. The predicted octanol–water partition coefficient (Wildman–Crippen LogP) is 4.08. The lowest BCUT2D eigenvalue weighted by Crippen LogP contribution is -2.49. The molecule has 4 rings (SSSR count). The van der Waals surface area contributed by atoms with Crippen LogP contribution in [0.15, 0.2) is 65.6 Å². The lowest BCUT2D eigenvalue weighted by molar-refractivity contribution is 0.0746. The minimum Gasteiger partial charge on any atom is -0.367 e. The Hall–Kier alpha value is -3.90. The third-order valence-electron chi connectivity index (χ3n) is 6.18. The molecule has 0 aromatic heterocycles. The van der Waals surface area contributed by atoms with Gasteiger partial charge in [-0.3, -0.25) is 9.52 Å². The SMILES string of the molecule is Cc1ccc(NS(=O)(=O)c2ccc(C(=O)N3CCN(c4cccc(F)c4C#N)CC3)cc2)cc1C. The van der Waals surface area contributed by atoms with Crippen molar-refractivity contribution in [3.05, 3.63) is 88.7 Å². The van der Waals surface area contributed by atoms with E-state index in [9.17, 15) is 22.9 Å². The number of benzene rings is 3. The molecule has 3 aromatic rings. The van der Waals surface area contributed by atoms with Crippen LogP contribution in [0.1, 0.15) is 27.0 Å². The number of hydrogen-bond donors (Lipinski definition) is 1. The van der Waals surface area contributed by atoms with Gasteiger partial charge in [-0.2, -0.15) is 5.26 Å². The Morgan fingerprint density at radius 3 is 2.29 bits per heavy atom. The number of amides is 1.